The van der Waals surface area contributed by atoms with Crippen LogP contribution in [0.5, 0.6) is 0 Å². The van der Waals surface area contributed by atoms with Gasteiger partial charge in [0.15, 0.2) is 11.6 Å². The third-order valence-corrected chi connectivity index (χ3v) is 3.52. The van der Waals surface area contributed by atoms with E-state index in [1.165, 1.54) is 17.4 Å². The van der Waals surface area contributed by atoms with Gasteiger partial charge >= 0.3 is 0 Å². The normalized spacial score (nSPS) is 11.2. The highest BCUT2D eigenvalue weighted by Gasteiger charge is 2.08. The van der Waals surface area contributed by atoms with Gasteiger partial charge in [0.1, 0.15) is 5.65 Å². The molecular weight excluding hydrogens is 242 g/mol. The van der Waals surface area contributed by atoms with E-state index in [1.807, 2.05) is 6.20 Å². The van der Waals surface area contributed by atoms with Crippen molar-refractivity contribution >= 4 is 21.7 Å². The minimum atomic E-state index is -0.814. The zero-order chi connectivity index (χ0) is 11.8. The number of hydrogen-bond donors (Lipinski definition) is 1. The Labute approximate surface area is 99.9 Å². The number of halogens is 2. The van der Waals surface area contributed by atoms with E-state index in [1.54, 1.807) is 11.6 Å². The summed E-state index contributed by atoms with van der Waals surface area (Å²) in [5, 5.41) is 0. The SMILES string of the molecule is Fc1ccc(Cc2c[nH]c3ncsc23)cc1F. The van der Waals surface area contributed by atoms with Gasteiger partial charge in [0, 0.05) is 12.6 Å². The zero-order valence-corrected chi connectivity index (χ0v) is 9.52. The molecule has 1 N–H and O–H groups in total. The van der Waals surface area contributed by atoms with Crippen molar-refractivity contribution in [3.05, 3.63) is 52.7 Å². The standard InChI is InChI=1S/C12H8F2N2S/c13-9-2-1-7(4-10(9)14)3-8-5-15-12-11(8)17-6-16-12/h1-2,4-6,15H,3H2. The second-order valence-corrected chi connectivity index (χ2v) is 4.62. The quantitative estimate of drug-likeness (QED) is 0.741. The van der Waals surface area contributed by atoms with E-state index >= 15 is 0 Å². The molecule has 2 heterocycles. The van der Waals surface area contributed by atoms with Gasteiger partial charge in [-0.25, -0.2) is 13.8 Å². The molecule has 0 aliphatic rings. The van der Waals surface area contributed by atoms with Crippen molar-refractivity contribution in [1.29, 1.82) is 0 Å². The van der Waals surface area contributed by atoms with Crippen LogP contribution in [-0.2, 0) is 6.42 Å². The molecule has 0 fully saturated rings. The van der Waals surface area contributed by atoms with Crippen molar-refractivity contribution in [2.24, 2.45) is 0 Å². The van der Waals surface area contributed by atoms with E-state index in [2.05, 4.69) is 9.97 Å². The van der Waals surface area contributed by atoms with Gasteiger partial charge in [-0.05, 0) is 23.3 Å². The third-order valence-electron chi connectivity index (χ3n) is 2.62. The molecule has 17 heavy (non-hydrogen) atoms. The molecule has 3 aromatic rings. The van der Waals surface area contributed by atoms with Gasteiger partial charge < -0.3 is 4.98 Å². The predicted molar refractivity (Wildman–Crippen MR) is 63.1 cm³/mol. The number of nitrogens with one attached hydrogen (secondary N) is 1. The van der Waals surface area contributed by atoms with Crippen molar-refractivity contribution in [2.75, 3.05) is 0 Å². The molecule has 2 aromatic heterocycles. The highest BCUT2D eigenvalue weighted by atomic mass is 32.1. The summed E-state index contributed by atoms with van der Waals surface area (Å²) in [6.45, 7) is 0. The summed E-state index contributed by atoms with van der Waals surface area (Å²) < 4.78 is 26.9. The average molecular weight is 250 g/mol. The minimum absolute atomic E-state index is 0.569. The highest BCUT2D eigenvalue weighted by Crippen LogP contribution is 2.24. The van der Waals surface area contributed by atoms with E-state index in [0.717, 1.165) is 27.5 Å². The molecular formula is C12H8F2N2S. The summed E-state index contributed by atoms with van der Waals surface area (Å²) in [6.07, 6.45) is 2.43. The van der Waals surface area contributed by atoms with Crippen molar-refractivity contribution in [3.8, 4) is 0 Å². The molecule has 0 atom stereocenters. The molecule has 86 valence electrons. The largest absolute Gasteiger partial charge is 0.345 e. The zero-order valence-electron chi connectivity index (χ0n) is 8.71. The van der Waals surface area contributed by atoms with Crippen LogP contribution in [0.2, 0.25) is 0 Å². The maximum atomic E-state index is 13.1. The monoisotopic (exact) mass is 250 g/mol. The first-order valence-electron chi connectivity index (χ1n) is 5.07. The van der Waals surface area contributed by atoms with E-state index in [9.17, 15) is 8.78 Å². The van der Waals surface area contributed by atoms with Crippen molar-refractivity contribution < 1.29 is 8.78 Å². The van der Waals surface area contributed by atoms with Crippen LogP contribution < -0.4 is 0 Å². The maximum absolute atomic E-state index is 13.1. The van der Waals surface area contributed by atoms with Crippen LogP contribution in [0.25, 0.3) is 10.3 Å². The molecule has 0 saturated carbocycles. The van der Waals surface area contributed by atoms with Crippen LogP contribution in [0, 0.1) is 11.6 Å². The lowest BCUT2D eigenvalue weighted by molar-refractivity contribution is 0.507. The Hall–Kier alpha value is -1.75. The van der Waals surface area contributed by atoms with E-state index in [-0.39, 0.29) is 0 Å². The first-order chi connectivity index (χ1) is 8.24. The molecule has 2 nitrogen and oxygen atoms in total. The van der Waals surface area contributed by atoms with Gasteiger partial charge in [-0.2, -0.15) is 0 Å². The van der Waals surface area contributed by atoms with Crippen LogP contribution in [0.3, 0.4) is 0 Å². The molecule has 5 heteroatoms. The fourth-order valence-corrected chi connectivity index (χ4v) is 2.57. The van der Waals surface area contributed by atoms with Crippen molar-refractivity contribution in [3.63, 3.8) is 0 Å². The Morgan fingerprint density at radius 1 is 1.24 bits per heavy atom. The molecule has 0 bridgehead atoms. The van der Waals surface area contributed by atoms with Crippen LogP contribution in [0.4, 0.5) is 8.78 Å². The first-order valence-corrected chi connectivity index (χ1v) is 5.95. The Morgan fingerprint density at radius 2 is 2.12 bits per heavy atom. The number of rotatable bonds is 2. The Morgan fingerprint density at radius 3 is 2.94 bits per heavy atom. The van der Waals surface area contributed by atoms with E-state index in [4.69, 9.17) is 0 Å². The molecule has 3 rings (SSSR count). The van der Waals surface area contributed by atoms with Crippen LogP contribution >= 0.6 is 11.3 Å². The van der Waals surface area contributed by atoms with Crippen LogP contribution in [-0.4, -0.2) is 9.97 Å². The number of aromatic amines is 1. The second kappa shape index (κ2) is 3.92. The number of benzene rings is 1. The van der Waals surface area contributed by atoms with Crippen molar-refractivity contribution in [2.45, 2.75) is 6.42 Å². The first kappa shape index (κ1) is 10.4. The van der Waals surface area contributed by atoms with Crippen LogP contribution in [0.1, 0.15) is 11.1 Å². The van der Waals surface area contributed by atoms with E-state index < -0.39 is 11.6 Å². The molecule has 1 aromatic carbocycles. The van der Waals surface area contributed by atoms with Gasteiger partial charge in [-0.15, -0.1) is 11.3 Å². The fourth-order valence-electron chi connectivity index (χ4n) is 1.80. The lowest BCUT2D eigenvalue weighted by Crippen LogP contribution is -1.90. The van der Waals surface area contributed by atoms with Gasteiger partial charge in [-0.1, -0.05) is 6.07 Å². The average Bonchev–Trinajstić information content (AvgIpc) is 2.88. The summed E-state index contributed by atoms with van der Waals surface area (Å²) in [5.41, 5.74) is 4.40. The number of fused-ring (bicyclic) bond motifs is 1. The van der Waals surface area contributed by atoms with Gasteiger partial charge in [0.05, 0.1) is 10.2 Å². The molecule has 0 aliphatic heterocycles. The number of aromatic nitrogens is 2. The summed E-state index contributed by atoms with van der Waals surface area (Å²) >= 11 is 1.54. The Kier molecular flexibility index (Phi) is 2.40. The molecule has 0 radical (unpaired) electrons. The number of thiazole rings is 1. The predicted octanol–water partition coefficient (Wildman–Crippen LogP) is 3.49. The summed E-state index contributed by atoms with van der Waals surface area (Å²) in [7, 11) is 0. The molecule has 0 spiro atoms. The summed E-state index contributed by atoms with van der Waals surface area (Å²) in [5.74, 6) is -1.62. The second-order valence-electron chi connectivity index (χ2n) is 3.77. The number of nitrogens with zero attached hydrogens (tertiary/aromatic N) is 1. The van der Waals surface area contributed by atoms with Crippen molar-refractivity contribution in [1.82, 2.24) is 9.97 Å². The molecule has 0 saturated heterocycles. The van der Waals surface area contributed by atoms with E-state index in [0.29, 0.717) is 6.42 Å². The van der Waals surface area contributed by atoms with Gasteiger partial charge in [0.2, 0.25) is 0 Å². The number of hydrogen-bond acceptors (Lipinski definition) is 2. The lowest BCUT2D eigenvalue weighted by Gasteiger charge is -2.00. The Balaban J connectivity index is 1.97. The maximum Gasteiger partial charge on any atom is 0.159 e. The number of H-pyrrole nitrogens is 1. The third kappa shape index (κ3) is 1.82. The molecule has 0 aliphatic carbocycles. The molecule has 0 amide bonds. The molecule has 0 unspecified atom stereocenters. The highest BCUT2D eigenvalue weighted by molar-refractivity contribution is 7.16. The fraction of sp³-hybridized carbons (Fsp3) is 0.0833. The summed E-state index contributed by atoms with van der Waals surface area (Å²) in [4.78, 5) is 7.19. The van der Waals surface area contributed by atoms with Crippen LogP contribution in [0.15, 0.2) is 29.9 Å². The Bertz CT molecular complexity index is 672. The summed E-state index contributed by atoms with van der Waals surface area (Å²) in [6, 6.07) is 3.98. The topological polar surface area (TPSA) is 28.7 Å². The minimum Gasteiger partial charge on any atom is -0.345 e. The lowest BCUT2D eigenvalue weighted by atomic mass is 10.1. The van der Waals surface area contributed by atoms with Gasteiger partial charge in [-0.3, -0.25) is 0 Å². The van der Waals surface area contributed by atoms with Gasteiger partial charge in [0.25, 0.3) is 0 Å². The smallest absolute Gasteiger partial charge is 0.159 e.